The fraction of sp³-hybridized carbons (Fsp3) is 0.267. The van der Waals surface area contributed by atoms with Crippen molar-refractivity contribution in [3.05, 3.63) is 52.0 Å². The molecule has 6 heteroatoms. The molecule has 1 aromatic heterocycles. The van der Waals surface area contributed by atoms with Crippen LogP contribution in [0.3, 0.4) is 0 Å². The first-order valence-corrected chi connectivity index (χ1v) is 7.49. The van der Waals surface area contributed by atoms with Crippen LogP contribution in [0.4, 0.5) is 0 Å². The molecule has 1 N–H and O–H groups in total. The maximum atomic E-state index is 12.6. The quantitative estimate of drug-likeness (QED) is 0.937. The lowest BCUT2D eigenvalue weighted by Crippen LogP contribution is -2.52. The van der Waals surface area contributed by atoms with Gasteiger partial charge in [0.05, 0.1) is 11.6 Å². The van der Waals surface area contributed by atoms with Gasteiger partial charge in [-0.25, -0.2) is 4.98 Å². The van der Waals surface area contributed by atoms with E-state index in [1.807, 2.05) is 37.3 Å². The molecule has 1 atom stereocenters. The van der Waals surface area contributed by atoms with Gasteiger partial charge in [0.2, 0.25) is 5.91 Å². The molecule has 0 bridgehead atoms. The van der Waals surface area contributed by atoms with Crippen LogP contribution in [0.1, 0.15) is 21.5 Å². The lowest BCUT2D eigenvalue weighted by atomic mass is 10.0. The topological polar surface area (TPSA) is 62.3 Å². The fourth-order valence-corrected chi connectivity index (χ4v) is 3.18. The Hall–Kier alpha value is -2.21. The predicted molar refractivity (Wildman–Crippen MR) is 79.6 cm³/mol. The number of rotatable bonds is 3. The molecule has 2 aromatic rings. The molecule has 2 heterocycles. The average molecular weight is 301 g/mol. The summed E-state index contributed by atoms with van der Waals surface area (Å²) in [5, 5.41) is 3.72. The standard InChI is InChI=1S/C15H15N3O2S/c1-10-16-7-12(21-10)8-18-9-13(19)17-14(15(18)20)11-5-3-2-4-6-11/h2-7,14H,8-9H2,1H3,(H,17,19). The lowest BCUT2D eigenvalue weighted by molar-refractivity contribution is -0.145. The number of amides is 2. The van der Waals surface area contributed by atoms with Crippen molar-refractivity contribution in [2.75, 3.05) is 6.54 Å². The summed E-state index contributed by atoms with van der Waals surface area (Å²) in [5.74, 6) is -0.212. The first-order chi connectivity index (χ1) is 10.1. The summed E-state index contributed by atoms with van der Waals surface area (Å²) in [6, 6.07) is 8.71. The van der Waals surface area contributed by atoms with Crippen molar-refractivity contribution in [1.29, 1.82) is 0 Å². The van der Waals surface area contributed by atoms with E-state index in [9.17, 15) is 9.59 Å². The van der Waals surface area contributed by atoms with Gasteiger partial charge in [-0.1, -0.05) is 30.3 Å². The second-order valence-corrected chi connectivity index (χ2v) is 6.27. The minimum absolute atomic E-state index is 0.0770. The highest BCUT2D eigenvalue weighted by atomic mass is 32.1. The summed E-state index contributed by atoms with van der Waals surface area (Å²) < 4.78 is 0. The van der Waals surface area contributed by atoms with Crippen LogP contribution >= 0.6 is 11.3 Å². The smallest absolute Gasteiger partial charge is 0.250 e. The maximum Gasteiger partial charge on any atom is 0.250 e. The van der Waals surface area contributed by atoms with Gasteiger partial charge >= 0.3 is 0 Å². The number of nitrogens with one attached hydrogen (secondary N) is 1. The van der Waals surface area contributed by atoms with Crippen molar-refractivity contribution in [2.24, 2.45) is 0 Å². The Labute approximate surface area is 126 Å². The number of thiazole rings is 1. The summed E-state index contributed by atoms with van der Waals surface area (Å²) in [7, 11) is 0. The van der Waals surface area contributed by atoms with Gasteiger partial charge in [-0.3, -0.25) is 9.59 Å². The Kier molecular flexibility index (Phi) is 3.70. The molecule has 1 unspecified atom stereocenters. The van der Waals surface area contributed by atoms with E-state index in [2.05, 4.69) is 10.3 Å². The number of aryl methyl sites for hydroxylation is 1. The normalized spacial score (nSPS) is 18.7. The number of carbonyl (C=O) groups is 2. The van der Waals surface area contributed by atoms with Crippen molar-refractivity contribution in [1.82, 2.24) is 15.2 Å². The third kappa shape index (κ3) is 2.95. The van der Waals surface area contributed by atoms with Gasteiger partial charge < -0.3 is 10.2 Å². The van der Waals surface area contributed by atoms with Gasteiger partial charge in [-0.15, -0.1) is 11.3 Å². The molecule has 0 aliphatic carbocycles. The van der Waals surface area contributed by atoms with Crippen molar-refractivity contribution in [3.63, 3.8) is 0 Å². The molecule has 3 rings (SSSR count). The molecule has 0 saturated carbocycles. The van der Waals surface area contributed by atoms with Crippen molar-refractivity contribution in [3.8, 4) is 0 Å². The molecule has 1 aliphatic rings. The van der Waals surface area contributed by atoms with Crippen LogP contribution < -0.4 is 5.32 Å². The predicted octanol–water partition coefficient (Wildman–Crippen LogP) is 1.65. The van der Waals surface area contributed by atoms with Gasteiger partial charge in [0.15, 0.2) is 0 Å². The zero-order valence-corrected chi connectivity index (χ0v) is 12.4. The van der Waals surface area contributed by atoms with E-state index in [4.69, 9.17) is 0 Å². The first-order valence-electron chi connectivity index (χ1n) is 6.68. The van der Waals surface area contributed by atoms with Gasteiger partial charge in [-0.2, -0.15) is 0 Å². The van der Waals surface area contributed by atoms with E-state index in [1.165, 1.54) is 0 Å². The van der Waals surface area contributed by atoms with E-state index in [-0.39, 0.29) is 18.4 Å². The van der Waals surface area contributed by atoms with Crippen molar-refractivity contribution in [2.45, 2.75) is 19.5 Å². The minimum Gasteiger partial charge on any atom is -0.339 e. The highest BCUT2D eigenvalue weighted by Gasteiger charge is 2.33. The summed E-state index contributed by atoms with van der Waals surface area (Å²) in [5.41, 5.74) is 0.807. The molecule has 1 aromatic carbocycles. The zero-order chi connectivity index (χ0) is 14.8. The molecule has 2 amide bonds. The minimum atomic E-state index is -0.596. The summed E-state index contributed by atoms with van der Waals surface area (Å²) >= 11 is 1.54. The number of hydrogen-bond acceptors (Lipinski definition) is 4. The SMILES string of the molecule is Cc1ncc(CN2CC(=O)NC(c3ccccc3)C2=O)s1. The van der Waals surface area contributed by atoms with E-state index < -0.39 is 6.04 Å². The Morgan fingerprint density at radius 1 is 1.33 bits per heavy atom. The van der Waals surface area contributed by atoms with E-state index in [0.29, 0.717) is 6.54 Å². The largest absolute Gasteiger partial charge is 0.339 e. The van der Waals surface area contributed by atoms with Crippen LogP contribution in [-0.2, 0) is 16.1 Å². The van der Waals surface area contributed by atoms with Crippen LogP contribution in [-0.4, -0.2) is 28.2 Å². The molecule has 21 heavy (non-hydrogen) atoms. The molecule has 1 saturated heterocycles. The Morgan fingerprint density at radius 3 is 2.76 bits per heavy atom. The second kappa shape index (κ2) is 5.65. The lowest BCUT2D eigenvalue weighted by Gasteiger charge is -2.32. The number of aromatic nitrogens is 1. The number of carbonyl (C=O) groups excluding carboxylic acids is 2. The van der Waals surface area contributed by atoms with Crippen LogP contribution in [0.2, 0.25) is 0 Å². The number of piperazine rings is 1. The second-order valence-electron chi connectivity index (χ2n) is 4.95. The van der Waals surface area contributed by atoms with Gasteiger partial charge in [0.1, 0.15) is 12.6 Å². The summed E-state index contributed by atoms with van der Waals surface area (Å²) in [4.78, 5) is 31.2. The van der Waals surface area contributed by atoms with Gasteiger partial charge in [0, 0.05) is 11.1 Å². The third-order valence-corrected chi connectivity index (χ3v) is 4.24. The molecule has 0 radical (unpaired) electrons. The van der Waals surface area contributed by atoms with E-state index in [1.54, 1.807) is 22.4 Å². The first kappa shape index (κ1) is 13.8. The highest BCUT2D eigenvalue weighted by Crippen LogP contribution is 2.22. The molecular formula is C15H15N3O2S. The van der Waals surface area contributed by atoms with E-state index in [0.717, 1.165) is 15.4 Å². The molecule has 1 aliphatic heterocycles. The van der Waals surface area contributed by atoms with Crippen molar-refractivity contribution < 1.29 is 9.59 Å². The van der Waals surface area contributed by atoms with Gasteiger partial charge in [-0.05, 0) is 12.5 Å². The Balaban J connectivity index is 1.81. The number of nitrogens with zero attached hydrogens (tertiary/aromatic N) is 2. The third-order valence-electron chi connectivity index (χ3n) is 3.35. The Bertz CT molecular complexity index is 669. The molecule has 5 nitrogen and oxygen atoms in total. The van der Waals surface area contributed by atoms with Crippen LogP contribution in [0.5, 0.6) is 0 Å². The average Bonchev–Trinajstić information content (AvgIpc) is 2.89. The number of benzene rings is 1. The molecule has 1 fully saturated rings. The number of hydrogen-bond donors (Lipinski definition) is 1. The zero-order valence-electron chi connectivity index (χ0n) is 11.6. The van der Waals surface area contributed by atoms with Crippen molar-refractivity contribution >= 4 is 23.2 Å². The molecule has 108 valence electrons. The maximum absolute atomic E-state index is 12.6. The summed E-state index contributed by atoms with van der Waals surface area (Å²) in [6.45, 7) is 2.45. The van der Waals surface area contributed by atoms with Crippen LogP contribution in [0.15, 0.2) is 36.5 Å². The molecular weight excluding hydrogens is 286 g/mol. The fourth-order valence-electron chi connectivity index (χ4n) is 2.37. The summed E-state index contributed by atoms with van der Waals surface area (Å²) in [6.07, 6.45) is 1.76. The highest BCUT2D eigenvalue weighted by molar-refractivity contribution is 7.11. The van der Waals surface area contributed by atoms with Crippen LogP contribution in [0.25, 0.3) is 0 Å². The molecule has 0 spiro atoms. The monoisotopic (exact) mass is 301 g/mol. The van der Waals surface area contributed by atoms with Gasteiger partial charge in [0.25, 0.3) is 5.91 Å². The van der Waals surface area contributed by atoms with E-state index >= 15 is 0 Å². The Morgan fingerprint density at radius 2 is 2.10 bits per heavy atom. The van der Waals surface area contributed by atoms with Crippen LogP contribution in [0, 0.1) is 6.92 Å².